The van der Waals surface area contributed by atoms with E-state index in [-0.39, 0.29) is 17.1 Å². The zero-order chi connectivity index (χ0) is 15.8. The molecule has 1 unspecified atom stereocenters. The number of hydrogen-bond acceptors (Lipinski definition) is 2. The molecule has 0 radical (unpaired) electrons. The molecule has 21 heavy (non-hydrogen) atoms. The molecule has 0 amide bonds. The predicted molar refractivity (Wildman–Crippen MR) is 88.6 cm³/mol. The molecule has 116 valence electrons. The summed E-state index contributed by atoms with van der Waals surface area (Å²) in [6.45, 7) is 9.86. The standard InChI is InChI=1S/C17H27N3O/c1-7-17(3,4)15(18-8-2)12-9-10-13-14(11-12)20(6)16(21)19(13)5/h9-11,15,18H,7-8H2,1-6H3. The molecule has 0 aliphatic heterocycles. The maximum Gasteiger partial charge on any atom is 0.328 e. The van der Waals surface area contributed by atoms with Gasteiger partial charge in [-0.1, -0.05) is 33.8 Å². The summed E-state index contributed by atoms with van der Waals surface area (Å²) >= 11 is 0. The first-order chi connectivity index (χ1) is 9.83. The second-order valence-corrected chi connectivity index (χ2v) is 6.48. The van der Waals surface area contributed by atoms with Crippen LogP contribution in [0, 0.1) is 5.41 Å². The molecule has 0 aliphatic carbocycles. The van der Waals surface area contributed by atoms with Gasteiger partial charge in [-0.3, -0.25) is 9.13 Å². The monoisotopic (exact) mass is 289 g/mol. The summed E-state index contributed by atoms with van der Waals surface area (Å²) < 4.78 is 3.42. The Hall–Kier alpha value is -1.55. The number of hydrogen-bond donors (Lipinski definition) is 1. The minimum absolute atomic E-state index is 0.0249. The van der Waals surface area contributed by atoms with Gasteiger partial charge in [0.05, 0.1) is 11.0 Å². The second-order valence-electron chi connectivity index (χ2n) is 6.48. The molecule has 0 bridgehead atoms. The lowest BCUT2D eigenvalue weighted by Crippen LogP contribution is -2.33. The van der Waals surface area contributed by atoms with Gasteiger partial charge in [-0.05, 0) is 36.1 Å². The van der Waals surface area contributed by atoms with Crippen molar-refractivity contribution in [1.82, 2.24) is 14.5 Å². The van der Waals surface area contributed by atoms with Gasteiger partial charge in [0.1, 0.15) is 0 Å². The fraction of sp³-hybridized carbons (Fsp3) is 0.588. The van der Waals surface area contributed by atoms with E-state index >= 15 is 0 Å². The van der Waals surface area contributed by atoms with Gasteiger partial charge in [-0.25, -0.2) is 4.79 Å². The minimum atomic E-state index is 0.0249. The van der Waals surface area contributed by atoms with E-state index in [0.717, 1.165) is 24.0 Å². The van der Waals surface area contributed by atoms with Crippen molar-refractivity contribution in [2.75, 3.05) is 6.54 Å². The van der Waals surface area contributed by atoms with E-state index in [1.807, 2.05) is 14.1 Å². The summed E-state index contributed by atoms with van der Waals surface area (Å²) in [6, 6.07) is 6.64. The number of nitrogens with zero attached hydrogens (tertiary/aromatic N) is 2. The highest BCUT2D eigenvalue weighted by atomic mass is 16.1. The van der Waals surface area contributed by atoms with Crippen LogP contribution in [0.5, 0.6) is 0 Å². The molecule has 4 heteroatoms. The van der Waals surface area contributed by atoms with Gasteiger partial charge < -0.3 is 5.32 Å². The van der Waals surface area contributed by atoms with Crippen LogP contribution in [-0.4, -0.2) is 15.7 Å². The van der Waals surface area contributed by atoms with Gasteiger partial charge in [0, 0.05) is 20.1 Å². The van der Waals surface area contributed by atoms with Crippen LogP contribution in [0.4, 0.5) is 0 Å². The quantitative estimate of drug-likeness (QED) is 0.919. The maximum absolute atomic E-state index is 12.1. The number of rotatable bonds is 5. The summed E-state index contributed by atoms with van der Waals surface area (Å²) in [4.78, 5) is 12.1. The molecule has 1 N–H and O–H groups in total. The molecule has 0 saturated carbocycles. The molecule has 2 rings (SSSR count). The molecule has 1 aromatic carbocycles. The Labute approximate surface area is 126 Å². The molecular formula is C17H27N3O. The lowest BCUT2D eigenvalue weighted by atomic mass is 9.78. The molecule has 0 fully saturated rings. The van der Waals surface area contributed by atoms with Gasteiger partial charge in [-0.2, -0.15) is 0 Å². The number of aryl methyl sites for hydroxylation is 2. The second kappa shape index (κ2) is 5.68. The molecule has 0 aliphatic rings. The van der Waals surface area contributed by atoms with Crippen molar-refractivity contribution in [3.63, 3.8) is 0 Å². The normalized spacial score (nSPS) is 13.8. The lowest BCUT2D eigenvalue weighted by molar-refractivity contribution is 0.237. The fourth-order valence-corrected chi connectivity index (χ4v) is 2.96. The van der Waals surface area contributed by atoms with Crippen molar-refractivity contribution in [2.24, 2.45) is 19.5 Å². The van der Waals surface area contributed by atoms with Gasteiger partial charge in [0.15, 0.2) is 0 Å². The maximum atomic E-state index is 12.1. The Morgan fingerprint density at radius 3 is 2.33 bits per heavy atom. The molecule has 4 nitrogen and oxygen atoms in total. The van der Waals surface area contributed by atoms with Crippen LogP contribution in [0.1, 0.15) is 45.7 Å². The summed E-state index contributed by atoms with van der Waals surface area (Å²) in [5.74, 6) is 0. The first-order valence-electron chi connectivity index (χ1n) is 7.72. The Bertz CT molecular complexity index is 694. The zero-order valence-corrected chi connectivity index (χ0v) is 14.0. The SMILES string of the molecule is CCNC(c1ccc2c(c1)n(C)c(=O)n2C)C(C)(C)CC. The third kappa shape index (κ3) is 2.64. The van der Waals surface area contributed by atoms with Crippen molar-refractivity contribution in [2.45, 2.75) is 40.2 Å². The summed E-state index contributed by atoms with van der Waals surface area (Å²) in [6.07, 6.45) is 1.09. The average Bonchev–Trinajstić information content (AvgIpc) is 2.69. The van der Waals surface area contributed by atoms with Crippen LogP contribution in [0.2, 0.25) is 0 Å². The highest BCUT2D eigenvalue weighted by Crippen LogP contribution is 2.37. The van der Waals surface area contributed by atoms with E-state index in [2.05, 4.69) is 51.2 Å². The number of aromatic nitrogens is 2. The molecule has 1 aromatic heterocycles. The molecule has 2 aromatic rings. The summed E-state index contributed by atoms with van der Waals surface area (Å²) in [5.41, 5.74) is 3.41. The molecule has 0 spiro atoms. The van der Waals surface area contributed by atoms with Crippen molar-refractivity contribution < 1.29 is 0 Å². The summed E-state index contributed by atoms with van der Waals surface area (Å²) in [7, 11) is 3.66. The molecule has 1 heterocycles. The minimum Gasteiger partial charge on any atom is -0.310 e. The van der Waals surface area contributed by atoms with Crippen molar-refractivity contribution in [1.29, 1.82) is 0 Å². The topological polar surface area (TPSA) is 39.0 Å². The third-order valence-corrected chi connectivity index (χ3v) is 4.73. The van der Waals surface area contributed by atoms with Crippen LogP contribution < -0.4 is 11.0 Å². The van der Waals surface area contributed by atoms with Gasteiger partial charge >= 0.3 is 5.69 Å². The van der Waals surface area contributed by atoms with Crippen LogP contribution in [0.25, 0.3) is 11.0 Å². The Morgan fingerprint density at radius 2 is 1.76 bits per heavy atom. The number of imidazole rings is 1. The van der Waals surface area contributed by atoms with Crippen LogP contribution in [0.3, 0.4) is 0 Å². The predicted octanol–water partition coefficient (Wildman–Crippen LogP) is 2.96. The highest BCUT2D eigenvalue weighted by Gasteiger charge is 2.28. The van der Waals surface area contributed by atoms with E-state index in [9.17, 15) is 4.79 Å². The van der Waals surface area contributed by atoms with Crippen LogP contribution in [0.15, 0.2) is 23.0 Å². The molecule has 1 atom stereocenters. The first-order valence-corrected chi connectivity index (χ1v) is 7.72. The smallest absolute Gasteiger partial charge is 0.310 e. The fourth-order valence-electron chi connectivity index (χ4n) is 2.96. The van der Waals surface area contributed by atoms with E-state index in [0.29, 0.717) is 0 Å². The van der Waals surface area contributed by atoms with E-state index in [4.69, 9.17) is 0 Å². The third-order valence-electron chi connectivity index (χ3n) is 4.73. The van der Waals surface area contributed by atoms with Crippen LogP contribution >= 0.6 is 0 Å². The van der Waals surface area contributed by atoms with E-state index in [1.165, 1.54) is 5.56 Å². The number of fused-ring (bicyclic) bond motifs is 1. The van der Waals surface area contributed by atoms with Gasteiger partial charge in [0.25, 0.3) is 0 Å². The van der Waals surface area contributed by atoms with Crippen molar-refractivity contribution in [3.8, 4) is 0 Å². The first kappa shape index (κ1) is 15.8. The lowest BCUT2D eigenvalue weighted by Gasteiger charge is -2.34. The van der Waals surface area contributed by atoms with Crippen LogP contribution in [-0.2, 0) is 14.1 Å². The van der Waals surface area contributed by atoms with E-state index < -0.39 is 0 Å². The largest absolute Gasteiger partial charge is 0.328 e. The number of nitrogens with one attached hydrogen (secondary N) is 1. The molecule has 0 saturated heterocycles. The van der Waals surface area contributed by atoms with Gasteiger partial charge in [0.2, 0.25) is 0 Å². The Balaban J connectivity index is 2.60. The molecular weight excluding hydrogens is 262 g/mol. The highest BCUT2D eigenvalue weighted by molar-refractivity contribution is 5.77. The Kier molecular flexibility index (Phi) is 4.28. The van der Waals surface area contributed by atoms with Crippen molar-refractivity contribution in [3.05, 3.63) is 34.2 Å². The van der Waals surface area contributed by atoms with Gasteiger partial charge in [-0.15, -0.1) is 0 Å². The number of benzene rings is 1. The Morgan fingerprint density at radius 1 is 1.14 bits per heavy atom. The average molecular weight is 289 g/mol. The van der Waals surface area contributed by atoms with Crippen molar-refractivity contribution >= 4 is 11.0 Å². The summed E-state index contributed by atoms with van der Waals surface area (Å²) in [5, 5.41) is 3.60. The zero-order valence-electron chi connectivity index (χ0n) is 14.0. The van der Waals surface area contributed by atoms with E-state index in [1.54, 1.807) is 9.13 Å².